The molecule has 2 N–H and O–H groups in total. The van der Waals surface area contributed by atoms with Crippen LogP contribution in [-0.4, -0.2) is 42.0 Å². The average molecular weight is 265 g/mol. The molecule has 4 nitrogen and oxygen atoms in total. The van der Waals surface area contributed by atoms with Crippen LogP contribution in [0.5, 0.6) is 5.75 Å². The van der Waals surface area contributed by atoms with Crippen LogP contribution in [0.3, 0.4) is 0 Å². The molecule has 1 aromatic carbocycles. The summed E-state index contributed by atoms with van der Waals surface area (Å²) in [5.74, 6) is 0.692. The van der Waals surface area contributed by atoms with Crippen LogP contribution >= 0.6 is 0 Å². The molecule has 0 heterocycles. The van der Waals surface area contributed by atoms with Gasteiger partial charge in [0.25, 0.3) is 0 Å². The predicted molar refractivity (Wildman–Crippen MR) is 74.0 cm³/mol. The third-order valence-corrected chi connectivity index (χ3v) is 4.26. The molecule has 0 aromatic heterocycles. The molecule has 2 rings (SSSR count). The summed E-state index contributed by atoms with van der Waals surface area (Å²) in [6.07, 6.45) is 2.94. The van der Waals surface area contributed by atoms with Gasteiger partial charge in [0.2, 0.25) is 0 Å². The van der Waals surface area contributed by atoms with Crippen molar-refractivity contribution in [3.8, 4) is 5.75 Å². The Bertz CT molecular complexity index is 449. The third-order valence-electron chi connectivity index (χ3n) is 4.26. The number of benzene rings is 1. The van der Waals surface area contributed by atoms with Gasteiger partial charge >= 0.3 is 0 Å². The van der Waals surface area contributed by atoms with Crippen LogP contribution in [0.25, 0.3) is 0 Å². The van der Waals surface area contributed by atoms with Crippen molar-refractivity contribution in [1.29, 1.82) is 0 Å². The van der Waals surface area contributed by atoms with Crippen molar-refractivity contribution in [2.75, 3.05) is 21.2 Å². The monoisotopic (exact) mass is 265 g/mol. The molecular weight excluding hydrogens is 242 g/mol. The summed E-state index contributed by atoms with van der Waals surface area (Å²) in [5.41, 5.74) is -1.79. The highest BCUT2D eigenvalue weighted by Gasteiger charge is 2.53. The molecular formula is C15H23NO3. The standard InChI is InChI=1S/C15H23NO3/c1-16(2)15(18)10-5-4-9-14(15,17)12-7-6-8-13(11-12)19-3/h6-8,11,17-18H,4-5,9-10H2,1-3H3/t14-,15+/m1/s1. The van der Waals surface area contributed by atoms with E-state index in [0.29, 0.717) is 24.2 Å². The Labute approximate surface area is 114 Å². The third kappa shape index (κ3) is 2.24. The fourth-order valence-electron chi connectivity index (χ4n) is 3.01. The topological polar surface area (TPSA) is 52.9 Å². The molecule has 106 valence electrons. The zero-order chi connectivity index (χ0) is 14.1. The van der Waals surface area contributed by atoms with E-state index < -0.39 is 11.3 Å². The first-order valence-corrected chi connectivity index (χ1v) is 6.71. The van der Waals surface area contributed by atoms with E-state index in [0.717, 1.165) is 12.8 Å². The van der Waals surface area contributed by atoms with E-state index in [9.17, 15) is 10.2 Å². The Morgan fingerprint density at radius 1 is 1.16 bits per heavy atom. The van der Waals surface area contributed by atoms with E-state index in [1.54, 1.807) is 32.2 Å². The molecule has 1 aliphatic carbocycles. The largest absolute Gasteiger partial charge is 0.497 e. The Morgan fingerprint density at radius 2 is 1.84 bits per heavy atom. The first kappa shape index (κ1) is 14.3. The van der Waals surface area contributed by atoms with Gasteiger partial charge in [-0.25, -0.2) is 0 Å². The maximum atomic E-state index is 11.1. The van der Waals surface area contributed by atoms with Crippen LogP contribution in [0, 0.1) is 0 Å². The lowest BCUT2D eigenvalue weighted by Gasteiger charge is -2.50. The number of ether oxygens (including phenoxy) is 1. The Hall–Kier alpha value is -1.10. The van der Waals surface area contributed by atoms with Gasteiger partial charge in [-0.15, -0.1) is 0 Å². The normalized spacial score (nSPS) is 31.5. The zero-order valence-corrected chi connectivity index (χ0v) is 11.9. The molecule has 1 saturated carbocycles. The van der Waals surface area contributed by atoms with Gasteiger partial charge in [0.1, 0.15) is 11.4 Å². The zero-order valence-electron chi connectivity index (χ0n) is 11.9. The minimum Gasteiger partial charge on any atom is -0.497 e. The summed E-state index contributed by atoms with van der Waals surface area (Å²) < 4.78 is 5.21. The molecule has 19 heavy (non-hydrogen) atoms. The molecule has 0 saturated heterocycles. The molecule has 0 aliphatic heterocycles. The van der Waals surface area contributed by atoms with Gasteiger partial charge in [-0.3, -0.25) is 4.90 Å². The number of methoxy groups -OCH3 is 1. The molecule has 0 radical (unpaired) electrons. The van der Waals surface area contributed by atoms with Gasteiger partial charge < -0.3 is 14.9 Å². The van der Waals surface area contributed by atoms with Crippen LogP contribution in [0.4, 0.5) is 0 Å². The molecule has 0 unspecified atom stereocenters. The summed E-state index contributed by atoms with van der Waals surface area (Å²) in [6, 6.07) is 7.34. The van der Waals surface area contributed by atoms with Crippen LogP contribution in [-0.2, 0) is 5.60 Å². The van der Waals surface area contributed by atoms with E-state index in [-0.39, 0.29) is 0 Å². The van der Waals surface area contributed by atoms with E-state index in [2.05, 4.69) is 0 Å². The van der Waals surface area contributed by atoms with Gasteiger partial charge in [0, 0.05) is 0 Å². The molecule has 0 bridgehead atoms. The second-order valence-electron chi connectivity index (χ2n) is 5.51. The molecule has 1 aliphatic rings. The number of likely N-dealkylation sites (N-methyl/N-ethyl adjacent to an activating group) is 1. The summed E-state index contributed by atoms with van der Waals surface area (Å²) in [5, 5.41) is 22.0. The maximum absolute atomic E-state index is 11.1. The first-order chi connectivity index (χ1) is 8.94. The first-order valence-electron chi connectivity index (χ1n) is 6.71. The second kappa shape index (κ2) is 5.12. The minimum atomic E-state index is -1.26. The summed E-state index contributed by atoms with van der Waals surface area (Å²) in [6.45, 7) is 0. The second-order valence-corrected chi connectivity index (χ2v) is 5.51. The van der Waals surface area contributed by atoms with Crippen LogP contribution in [0.2, 0.25) is 0 Å². The van der Waals surface area contributed by atoms with E-state index >= 15 is 0 Å². The van der Waals surface area contributed by atoms with Crippen molar-refractivity contribution >= 4 is 0 Å². The van der Waals surface area contributed by atoms with Gasteiger partial charge in [0.05, 0.1) is 7.11 Å². The van der Waals surface area contributed by atoms with Crippen molar-refractivity contribution in [2.24, 2.45) is 0 Å². The number of nitrogens with zero attached hydrogens (tertiary/aromatic N) is 1. The van der Waals surface area contributed by atoms with Crippen LogP contribution in [0.15, 0.2) is 24.3 Å². The highest BCUT2D eigenvalue weighted by molar-refractivity contribution is 5.34. The molecule has 1 aromatic rings. The lowest BCUT2D eigenvalue weighted by Crippen LogP contribution is -2.62. The van der Waals surface area contributed by atoms with Gasteiger partial charge in [-0.05, 0) is 57.5 Å². The van der Waals surface area contributed by atoms with Crippen molar-refractivity contribution in [3.63, 3.8) is 0 Å². The minimum absolute atomic E-state index is 0.550. The van der Waals surface area contributed by atoms with Gasteiger partial charge in [-0.2, -0.15) is 0 Å². The van der Waals surface area contributed by atoms with E-state index in [1.165, 1.54) is 0 Å². The average Bonchev–Trinajstić information content (AvgIpc) is 2.42. The predicted octanol–water partition coefficient (Wildman–Crippen LogP) is 1.71. The van der Waals surface area contributed by atoms with Crippen molar-refractivity contribution in [1.82, 2.24) is 4.90 Å². The number of aliphatic hydroxyl groups is 2. The molecule has 0 spiro atoms. The van der Waals surface area contributed by atoms with Crippen molar-refractivity contribution in [3.05, 3.63) is 29.8 Å². The Morgan fingerprint density at radius 3 is 2.47 bits per heavy atom. The highest BCUT2D eigenvalue weighted by Crippen LogP contribution is 2.46. The number of hydrogen-bond acceptors (Lipinski definition) is 4. The summed E-state index contributed by atoms with van der Waals surface area (Å²) in [7, 11) is 5.20. The van der Waals surface area contributed by atoms with Gasteiger partial charge in [0.15, 0.2) is 5.72 Å². The number of rotatable bonds is 3. The van der Waals surface area contributed by atoms with Crippen LogP contribution in [0.1, 0.15) is 31.2 Å². The Kier molecular flexibility index (Phi) is 3.85. The molecule has 2 atom stereocenters. The fourth-order valence-corrected chi connectivity index (χ4v) is 3.01. The summed E-state index contributed by atoms with van der Waals surface area (Å²) >= 11 is 0. The van der Waals surface area contributed by atoms with E-state index in [4.69, 9.17) is 4.74 Å². The van der Waals surface area contributed by atoms with Crippen molar-refractivity contribution in [2.45, 2.75) is 37.0 Å². The molecule has 4 heteroatoms. The molecule has 1 fully saturated rings. The van der Waals surface area contributed by atoms with E-state index in [1.807, 2.05) is 18.2 Å². The van der Waals surface area contributed by atoms with Crippen molar-refractivity contribution < 1.29 is 14.9 Å². The lowest BCUT2D eigenvalue weighted by molar-refractivity contribution is -0.246. The lowest BCUT2D eigenvalue weighted by atomic mass is 9.72. The quantitative estimate of drug-likeness (QED) is 0.817. The van der Waals surface area contributed by atoms with Crippen LogP contribution < -0.4 is 4.74 Å². The smallest absolute Gasteiger partial charge is 0.151 e. The summed E-state index contributed by atoms with van der Waals surface area (Å²) in [4.78, 5) is 1.71. The fraction of sp³-hybridized carbons (Fsp3) is 0.600. The maximum Gasteiger partial charge on any atom is 0.151 e. The number of hydrogen-bond donors (Lipinski definition) is 2. The van der Waals surface area contributed by atoms with Gasteiger partial charge in [-0.1, -0.05) is 12.1 Å². The SMILES string of the molecule is COc1cccc([C@]2(O)CCCC[C@@]2(O)N(C)C)c1. The molecule has 0 amide bonds. The highest BCUT2D eigenvalue weighted by atomic mass is 16.5. The Balaban J connectivity index is 2.47.